The topological polar surface area (TPSA) is 103 Å². The highest BCUT2D eigenvalue weighted by molar-refractivity contribution is 7.89. The van der Waals surface area contributed by atoms with Gasteiger partial charge in [-0.1, -0.05) is 0 Å². The number of quaternary nitrogens is 1. The highest BCUT2D eigenvalue weighted by Gasteiger charge is 2.28. The zero-order chi connectivity index (χ0) is 20.9. The largest absolute Gasteiger partial charge is 0.497 e. The van der Waals surface area contributed by atoms with Crippen LogP contribution in [0.1, 0.15) is 37.3 Å². The van der Waals surface area contributed by atoms with Crippen molar-refractivity contribution in [3.05, 3.63) is 54.1 Å². The first-order valence-electron chi connectivity index (χ1n) is 9.78. The first-order chi connectivity index (χ1) is 13.9. The molecule has 3 rings (SSSR count). The predicted octanol–water partition coefficient (Wildman–Crippen LogP) is 1.48. The summed E-state index contributed by atoms with van der Waals surface area (Å²) in [6.45, 7) is 1.29. The molecule has 29 heavy (non-hydrogen) atoms. The number of hydrogen-bond acceptors (Lipinski definition) is 4. The zero-order valence-electron chi connectivity index (χ0n) is 16.6. The van der Waals surface area contributed by atoms with Gasteiger partial charge in [0.1, 0.15) is 11.8 Å². The van der Waals surface area contributed by atoms with Crippen LogP contribution in [-0.2, 0) is 14.8 Å². The number of primary sulfonamides is 1. The lowest BCUT2D eigenvalue weighted by atomic mass is 10.0. The molecule has 156 valence electrons. The van der Waals surface area contributed by atoms with Crippen molar-refractivity contribution in [3.63, 3.8) is 0 Å². The standard InChI is InChI=1S/C21H27N3O4S/c1-28-18-10-6-16(7-11-18)20-5-3-2-4-14-24(20)15-21(25)23-17-8-12-19(13-9-17)29(22,26)27/h6-13,20H,2-5,14-15H2,1H3,(H,23,25)(H2,22,26,27)/p+1/t20-/m1/s1. The maximum atomic E-state index is 12.7. The van der Waals surface area contributed by atoms with Crippen molar-refractivity contribution in [2.45, 2.75) is 36.6 Å². The normalized spacial score (nSPS) is 19.9. The molecular weight excluding hydrogens is 390 g/mol. The number of nitrogens with two attached hydrogens (primary N) is 1. The van der Waals surface area contributed by atoms with E-state index in [4.69, 9.17) is 9.88 Å². The molecule has 0 aliphatic carbocycles. The van der Waals surface area contributed by atoms with E-state index in [9.17, 15) is 13.2 Å². The van der Waals surface area contributed by atoms with Crippen LogP contribution in [0.3, 0.4) is 0 Å². The minimum atomic E-state index is -3.74. The van der Waals surface area contributed by atoms with Gasteiger partial charge in [-0.2, -0.15) is 0 Å². The number of hydrogen-bond donors (Lipinski definition) is 3. The van der Waals surface area contributed by atoms with Gasteiger partial charge < -0.3 is 15.0 Å². The number of anilines is 1. The van der Waals surface area contributed by atoms with Crippen molar-refractivity contribution < 1.29 is 22.8 Å². The van der Waals surface area contributed by atoms with E-state index in [1.54, 1.807) is 19.2 Å². The van der Waals surface area contributed by atoms with Crippen LogP contribution in [0.15, 0.2) is 53.4 Å². The van der Waals surface area contributed by atoms with Crippen LogP contribution in [0, 0.1) is 0 Å². The second-order valence-corrected chi connectivity index (χ2v) is 8.94. The van der Waals surface area contributed by atoms with Crippen molar-refractivity contribution in [3.8, 4) is 5.75 Å². The quantitative estimate of drug-likeness (QED) is 0.661. The number of methoxy groups -OCH3 is 1. The number of likely N-dealkylation sites (tertiary alicyclic amines) is 1. The molecule has 1 unspecified atom stereocenters. The van der Waals surface area contributed by atoms with Gasteiger partial charge in [0, 0.05) is 17.7 Å². The molecule has 1 heterocycles. The maximum absolute atomic E-state index is 12.7. The molecular formula is C21H28N3O4S+. The summed E-state index contributed by atoms with van der Waals surface area (Å²) in [7, 11) is -2.09. The average Bonchev–Trinajstić information content (AvgIpc) is 2.93. The maximum Gasteiger partial charge on any atom is 0.279 e. The van der Waals surface area contributed by atoms with Crippen molar-refractivity contribution in [1.29, 1.82) is 0 Å². The van der Waals surface area contributed by atoms with E-state index in [1.165, 1.54) is 29.0 Å². The third kappa shape index (κ3) is 5.79. The van der Waals surface area contributed by atoms with Crippen molar-refractivity contribution in [2.75, 3.05) is 25.5 Å². The Labute approximate surface area is 171 Å². The summed E-state index contributed by atoms with van der Waals surface area (Å²) < 4.78 is 28.0. The van der Waals surface area contributed by atoms with Gasteiger partial charge in [-0.25, -0.2) is 13.6 Å². The van der Waals surface area contributed by atoms with Gasteiger partial charge in [0.15, 0.2) is 6.54 Å². The smallest absolute Gasteiger partial charge is 0.279 e. The molecule has 2 aromatic rings. The van der Waals surface area contributed by atoms with Crippen LogP contribution in [0.2, 0.25) is 0 Å². The van der Waals surface area contributed by atoms with Gasteiger partial charge in [-0.15, -0.1) is 0 Å². The number of benzene rings is 2. The Hall–Kier alpha value is -2.42. The monoisotopic (exact) mass is 418 g/mol. The van der Waals surface area contributed by atoms with E-state index in [1.807, 2.05) is 12.1 Å². The van der Waals surface area contributed by atoms with E-state index in [0.29, 0.717) is 12.2 Å². The van der Waals surface area contributed by atoms with Crippen LogP contribution in [0.25, 0.3) is 0 Å². The number of ether oxygens (including phenoxy) is 1. The van der Waals surface area contributed by atoms with E-state index in [0.717, 1.165) is 31.6 Å². The van der Waals surface area contributed by atoms with Crippen LogP contribution in [0.5, 0.6) is 5.75 Å². The number of rotatable bonds is 6. The summed E-state index contributed by atoms with van der Waals surface area (Å²) in [4.78, 5) is 13.9. The van der Waals surface area contributed by atoms with E-state index < -0.39 is 10.0 Å². The highest BCUT2D eigenvalue weighted by Crippen LogP contribution is 2.22. The predicted molar refractivity (Wildman–Crippen MR) is 111 cm³/mol. The third-order valence-electron chi connectivity index (χ3n) is 5.36. The summed E-state index contributed by atoms with van der Waals surface area (Å²) in [6.07, 6.45) is 4.46. The van der Waals surface area contributed by atoms with Crippen molar-refractivity contribution >= 4 is 21.6 Å². The Morgan fingerprint density at radius 2 is 1.79 bits per heavy atom. The Morgan fingerprint density at radius 3 is 2.41 bits per heavy atom. The number of sulfonamides is 1. The Kier molecular flexibility index (Phi) is 6.89. The molecule has 1 aliphatic heterocycles. The van der Waals surface area contributed by atoms with Crippen LogP contribution in [-0.4, -0.2) is 34.5 Å². The fourth-order valence-electron chi connectivity index (χ4n) is 3.85. The summed E-state index contributed by atoms with van der Waals surface area (Å²) >= 11 is 0. The third-order valence-corrected chi connectivity index (χ3v) is 6.29. The number of amides is 1. The SMILES string of the molecule is COc1ccc([C@H]2CCCCC[NH+]2CC(=O)Nc2ccc(S(N)(=O)=O)cc2)cc1. The molecule has 1 saturated heterocycles. The molecule has 1 amide bonds. The lowest BCUT2D eigenvalue weighted by Crippen LogP contribution is -3.13. The summed E-state index contributed by atoms with van der Waals surface area (Å²) in [5.74, 6) is 0.730. The second kappa shape index (κ2) is 9.39. The van der Waals surface area contributed by atoms with E-state index >= 15 is 0 Å². The van der Waals surface area contributed by atoms with Gasteiger partial charge in [0.05, 0.1) is 18.6 Å². The molecule has 2 aromatic carbocycles. The molecule has 0 radical (unpaired) electrons. The Morgan fingerprint density at radius 1 is 1.10 bits per heavy atom. The molecule has 0 bridgehead atoms. The molecule has 1 aliphatic rings. The van der Waals surface area contributed by atoms with Crippen LogP contribution in [0.4, 0.5) is 5.69 Å². The first-order valence-corrected chi connectivity index (χ1v) is 11.3. The highest BCUT2D eigenvalue weighted by atomic mass is 32.2. The van der Waals surface area contributed by atoms with Crippen molar-refractivity contribution in [1.82, 2.24) is 0 Å². The molecule has 7 nitrogen and oxygen atoms in total. The minimum absolute atomic E-state index is 0.0215. The van der Waals surface area contributed by atoms with Gasteiger partial charge in [-0.3, -0.25) is 4.79 Å². The van der Waals surface area contributed by atoms with Gasteiger partial charge in [-0.05, 0) is 67.8 Å². The lowest BCUT2D eigenvalue weighted by molar-refractivity contribution is -0.923. The van der Waals surface area contributed by atoms with Crippen LogP contribution < -0.4 is 20.1 Å². The first kappa shape index (κ1) is 21.3. The molecule has 1 fully saturated rings. The molecule has 2 atom stereocenters. The Bertz CT molecular complexity index is 927. The van der Waals surface area contributed by atoms with Crippen molar-refractivity contribution in [2.24, 2.45) is 5.14 Å². The van der Waals surface area contributed by atoms with Gasteiger partial charge >= 0.3 is 0 Å². The molecule has 8 heteroatoms. The second-order valence-electron chi connectivity index (χ2n) is 7.38. The number of carbonyl (C=O) groups excluding carboxylic acids is 1. The van der Waals surface area contributed by atoms with Crippen LogP contribution >= 0.6 is 0 Å². The van der Waals surface area contributed by atoms with E-state index in [-0.39, 0.29) is 16.8 Å². The minimum Gasteiger partial charge on any atom is -0.497 e. The Balaban J connectivity index is 1.68. The summed E-state index contributed by atoms with van der Waals surface area (Å²) in [5.41, 5.74) is 1.77. The fraction of sp³-hybridized carbons (Fsp3) is 0.381. The number of nitrogens with one attached hydrogen (secondary N) is 2. The summed E-state index contributed by atoms with van der Waals surface area (Å²) in [6, 6.07) is 14.2. The summed E-state index contributed by atoms with van der Waals surface area (Å²) in [5, 5.41) is 7.97. The fourth-order valence-corrected chi connectivity index (χ4v) is 4.36. The zero-order valence-corrected chi connectivity index (χ0v) is 17.4. The lowest BCUT2D eigenvalue weighted by Gasteiger charge is -2.27. The van der Waals surface area contributed by atoms with Gasteiger partial charge in [0.2, 0.25) is 10.0 Å². The average molecular weight is 419 g/mol. The molecule has 0 saturated carbocycles. The number of carbonyl (C=O) groups is 1. The molecule has 0 spiro atoms. The van der Waals surface area contributed by atoms with Gasteiger partial charge in [0.25, 0.3) is 5.91 Å². The molecule has 0 aromatic heterocycles. The molecule has 4 N–H and O–H groups in total. The van der Waals surface area contributed by atoms with E-state index in [2.05, 4.69) is 17.4 Å².